The first-order valence-electron chi connectivity index (χ1n) is 10.6. The fraction of sp³-hybridized carbons (Fsp3) is 0.800. The lowest BCUT2D eigenvalue weighted by Crippen LogP contribution is -2.43. The minimum absolute atomic E-state index is 0.0344. The van der Waals surface area contributed by atoms with Crippen molar-refractivity contribution in [3.05, 3.63) is 11.6 Å². The summed E-state index contributed by atoms with van der Waals surface area (Å²) in [6.07, 6.45) is 9.71. The van der Waals surface area contributed by atoms with Crippen molar-refractivity contribution in [1.82, 2.24) is 25.4 Å². The van der Waals surface area contributed by atoms with Crippen molar-refractivity contribution < 1.29 is 9.59 Å². The van der Waals surface area contributed by atoms with E-state index in [2.05, 4.69) is 20.5 Å². The quantitative estimate of drug-likeness (QED) is 0.828. The number of aromatic nitrogens is 3. The van der Waals surface area contributed by atoms with Crippen molar-refractivity contribution in [3.63, 3.8) is 0 Å². The normalized spacial score (nSPS) is 26.8. The second kappa shape index (κ2) is 7.98. The molecule has 2 heterocycles. The second-order valence-electron chi connectivity index (χ2n) is 8.64. The molecular formula is C20H31N5O2. The third kappa shape index (κ3) is 4.17. The van der Waals surface area contributed by atoms with Gasteiger partial charge >= 0.3 is 0 Å². The summed E-state index contributed by atoms with van der Waals surface area (Å²) in [7, 11) is 0. The number of nitrogens with one attached hydrogen (secondary N) is 2. The molecule has 2 amide bonds. The molecule has 1 aliphatic heterocycles. The molecule has 148 valence electrons. The van der Waals surface area contributed by atoms with E-state index in [1.54, 1.807) is 0 Å². The molecule has 2 atom stereocenters. The molecule has 3 aliphatic rings. The second-order valence-corrected chi connectivity index (χ2v) is 8.64. The highest BCUT2D eigenvalue weighted by molar-refractivity contribution is 5.80. The largest absolute Gasteiger partial charge is 0.351 e. The van der Waals surface area contributed by atoms with Crippen LogP contribution in [0.25, 0.3) is 0 Å². The van der Waals surface area contributed by atoms with Gasteiger partial charge in [0.25, 0.3) is 0 Å². The molecular weight excluding hydrogens is 342 g/mol. The number of carbonyl (C=O) groups excluding carboxylic acids is 2. The molecule has 2 N–H and O–H groups in total. The topological polar surface area (TPSA) is 91.0 Å². The Labute approximate surface area is 160 Å². The summed E-state index contributed by atoms with van der Waals surface area (Å²) in [6.45, 7) is 3.04. The van der Waals surface area contributed by atoms with Crippen LogP contribution in [-0.2, 0) is 9.59 Å². The smallest absolute Gasteiger partial charge is 0.223 e. The molecule has 1 aromatic rings. The Morgan fingerprint density at radius 3 is 2.48 bits per heavy atom. The molecule has 27 heavy (non-hydrogen) atoms. The van der Waals surface area contributed by atoms with Crippen LogP contribution in [0, 0.1) is 18.8 Å². The number of nitrogens with zero attached hydrogens (tertiary/aromatic N) is 3. The van der Waals surface area contributed by atoms with Crippen LogP contribution in [0.4, 0.5) is 0 Å². The van der Waals surface area contributed by atoms with Gasteiger partial charge in [0.05, 0.1) is 12.0 Å². The van der Waals surface area contributed by atoms with Crippen LogP contribution in [0.5, 0.6) is 0 Å². The van der Waals surface area contributed by atoms with Gasteiger partial charge in [-0.15, -0.1) is 0 Å². The lowest BCUT2D eigenvalue weighted by atomic mass is 10.0. The molecule has 0 unspecified atom stereocenters. The molecule has 2 saturated carbocycles. The van der Waals surface area contributed by atoms with Crippen LogP contribution in [0.15, 0.2) is 0 Å². The fourth-order valence-corrected chi connectivity index (χ4v) is 5.02. The third-order valence-electron chi connectivity index (χ3n) is 6.61. The highest BCUT2D eigenvalue weighted by Crippen LogP contribution is 2.32. The minimum Gasteiger partial charge on any atom is -0.351 e. The lowest BCUT2D eigenvalue weighted by molar-refractivity contribution is -0.131. The number of aromatic amines is 1. The highest BCUT2D eigenvalue weighted by Gasteiger charge is 2.40. The number of carbonyl (C=O) groups is 2. The molecule has 0 aromatic carbocycles. The van der Waals surface area contributed by atoms with Crippen molar-refractivity contribution >= 4 is 11.8 Å². The van der Waals surface area contributed by atoms with Gasteiger partial charge in [0.15, 0.2) is 5.82 Å². The summed E-state index contributed by atoms with van der Waals surface area (Å²) in [5.41, 5.74) is 0. The van der Waals surface area contributed by atoms with E-state index in [9.17, 15) is 9.59 Å². The summed E-state index contributed by atoms with van der Waals surface area (Å²) in [5.74, 6) is 2.46. The SMILES string of the molecule is Cc1nc([C@@H]2CN(C(=O)CC3CCCC3)C[C@H]2NC(=O)C2CCCC2)n[nH]1. The van der Waals surface area contributed by atoms with Gasteiger partial charge in [0, 0.05) is 25.4 Å². The lowest BCUT2D eigenvalue weighted by Gasteiger charge is -2.20. The number of amides is 2. The van der Waals surface area contributed by atoms with E-state index >= 15 is 0 Å². The molecule has 0 radical (unpaired) electrons. The van der Waals surface area contributed by atoms with Crippen LogP contribution in [0.2, 0.25) is 0 Å². The van der Waals surface area contributed by atoms with Crippen LogP contribution in [0.3, 0.4) is 0 Å². The van der Waals surface area contributed by atoms with Gasteiger partial charge in [-0.25, -0.2) is 4.98 Å². The Morgan fingerprint density at radius 1 is 1.11 bits per heavy atom. The van der Waals surface area contributed by atoms with Crippen molar-refractivity contribution in [3.8, 4) is 0 Å². The van der Waals surface area contributed by atoms with Crippen LogP contribution in [-0.4, -0.2) is 51.0 Å². The first kappa shape index (κ1) is 18.4. The maximum Gasteiger partial charge on any atom is 0.223 e. The molecule has 2 aliphatic carbocycles. The van der Waals surface area contributed by atoms with Crippen LogP contribution >= 0.6 is 0 Å². The molecule has 0 spiro atoms. The van der Waals surface area contributed by atoms with Gasteiger partial charge < -0.3 is 10.2 Å². The first-order chi connectivity index (χ1) is 13.1. The fourth-order valence-electron chi connectivity index (χ4n) is 5.02. The van der Waals surface area contributed by atoms with E-state index in [0.29, 0.717) is 31.3 Å². The van der Waals surface area contributed by atoms with Crippen LogP contribution < -0.4 is 5.32 Å². The van der Waals surface area contributed by atoms with Crippen LogP contribution in [0.1, 0.15) is 75.4 Å². The molecule has 7 nitrogen and oxygen atoms in total. The zero-order valence-corrected chi connectivity index (χ0v) is 16.2. The van der Waals surface area contributed by atoms with Crippen molar-refractivity contribution in [2.75, 3.05) is 13.1 Å². The predicted octanol–water partition coefficient (Wildman–Crippen LogP) is 2.29. The molecule has 3 fully saturated rings. The van der Waals surface area contributed by atoms with Crippen molar-refractivity contribution in [2.24, 2.45) is 11.8 Å². The maximum atomic E-state index is 12.8. The van der Waals surface area contributed by atoms with E-state index in [1.165, 1.54) is 25.7 Å². The Bertz CT molecular complexity index is 676. The first-order valence-corrected chi connectivity index (χ1v) is 10.6. The van der Waals surface area contributed by atoms with E-state index in [1.807, 2.05) is 11.8 Å². The molecule has 0 bridgehead atoms. The highest BCUT2D eigenvalue weighted by atomic mass is 16.2. The number of rotatable bonds is 5. The number of H-pyrrole nitrogens is 1. The Balaban J connectivity index is 1.44. The third-order valence-corrected chi connectivity index (χ3v) is 6.61. The number of likely N-dealkylation sites (tertiary alicyclic amines) is 1. The Morgan fingerprint density at radius 2 is 1.81 bits per heavy atom. The average Bonchev–Trinajstić information content (AvgIpc) is 3.42. The average molecular weight is 374 g/mol. The minimum atomic E-state index is -0.0965. The van der Waals surface area contributed by atoms with Gasteiger partial charge in [-0.05, 0) is 38.5 Å². The van der Waals surface area contributed by atoms with Crippen molar-refractivity contribution in [1.29, 1.82) is 0 Å². The zero-order chi connectivity index (χ0) is 18.8. The van der Waals surface area contributed by atoms with Gasteiger partial charge in [0.2, 0.25) is 11.8 Å². The maximum absolute atomic E-state index is 12.8. The summed E-state index contributed by atoms with van der Waals surface area (Å²) in [5, 5.41) is 10.5. The number of aryl methyl sites for hydroxylation is 1. The van der Waals surface area contributed by atoms with Crippen molar-refractivity contribution in [2.45, 2.75) is 76.7 Å². The predicted molar refractivity (Wildman–Crippen MR) is 101 cm³/mol. The summed E-state index contributed by atoms with van der Waals surface area (Å²) < 4.78 is 0. The Hall–Kier alpha value is -1.92. The Kier molecular flexibility index (Phi) is 5.45. The zero-order valence-electron chi connectivity index (χ0n) is 16.2. The monoisotopic (exact) mass is 373 g/mol. The molecule has 1 aromatic heterocycles. The molecule has 7 heteroatoms. The molecule has 4 rings (SSSR count). The van der Waals surface area contributed by atoms with Gasteiger partial charge in [-0.1, -0.05) is 25.7 Å². The van der Waals surface area contributed by atoms with Gasteiger partial charge in [-0.2, -0.15) is 5.10 Å². The molecule has 1 saturated heterocycles. The number of hydrogen-bond donors (Lipinski definition) is 2. The number of hydrogen-bond acceptors (Lipinski definition) is 4. The van der Waals surface area contributed by atoms with Gasteiger partial charge in [0.1, 0.15) is 5.82 Å². The van der Waals surface area contributed by atoms with Gasteiger partial charge in [-0.3, -0.25) is 14.7 Å². The standard InChI is InChI=1S/C20H31N5O2/c1-13-21-19(24-23-13)16-11-25(18(26)10-14-6-2-3-7-14)12-17(16)22-20(27)15-8-4-5-9-15/h14-17H,2-12H2,1H3,(H,22,27)(H,21,23,24)/t16-,17-/m1/s1. The summed E-state index contributed by atoms with van der Waals surface area (Å²) in [6, 6.07) is -0.0965. The van der Waals surface area contributed by atoms with E-state index in [-0.39, 0.29) is 29.7 Å². The summed E-state index contributed by atoms with van der Waals surface area (Å²) in [4.78, 5) is 31.9. The summed E-state index contributed by atoms with van der Waals surface area (Å²) >= 11 is 0. The van der Waals surface area contributed by atoms with E-state index in [4.69, 9.17) is 0 Å². The van der Waals surface area contributed by atoms with E-state index in [0.717, 1.165) is 31.5 Å². The van der Waals surface area contributed by atoms with E-state index < -0.39 is 0 Å².